The zero-order valence-corrected chi connectivity index (χ0v) is 16.9. The molecule has 29 heavy (non-hydrogen) atoms. The standard InChI is InChI=1S/C22H23N5O2/c1-13-5-6-14(2)22-21(13)17(15(3)25-22)10-20(28)26-18-9-16(7-8-19(18)29-4)27-11-23-24-12-27/h5-9,11-12,25H,10H2,1-4H3,(H,26,28). The number of amides is 1. The van der Waals surface area contributed by atoms with Gasteiger partial charge in [-0.25, -0.2) is 0 Å². The number of ether oxygens (including phenoxy) is 1. The van der Waals surface area contributed by atoms with Crippen LogP contribution in [0.4, 0.5) is 5.69 Å². The second-order valence-electron chi connectivity index (χ2n) is 7.16. The highest BCUT2D eigenvalue weighted by atomic mass is 16.5. The Bertz CT molecular complexity index is 1190. The monoisotopic (exact) mass is 389 g/mol. The average Bonchev–Trinajstić information content (AvgIpc) is 3.34. The van der Waals surface area contributed by atoms with E-state index in [4.69, 9.17) is 4.74 Å². The van der Waals surface area contributed by atoms with E-state index in [2.05, 4.69) is 46.5 Å². The fourth-order valence-corrected chi connectivity index (χ4v) is 3.68. The lowest BCUT2D eigenvalue weighted by atomic mass is 10.0. The van der Waals surface area contributed by atoms with Gasteiger partial charge in [-0.2, -0.15) is 0 Å². The highest BCUT2D eigenvalue weighted by Gasteiger charge is 2.17. The molecule has 1 amide bonds. The van der Waals surface area contributed by atoms with E-state index in [0.29, 0.717) is 11.4 Å². The van der Waals surface area contributed by atoms with Gasteiger partial charge < -0.3 is 15.0 Å². The predicted octanol–water partition coefficient (Wildman–Crippen LogP) is 3.86. The molecule has 4 rings (SSSR count). The second-order valence-corrected chi connectivity index (χ2v) is 7.16. The van der Waals surface area contributed by atoms with Gasteiger partial charge in [-0.15, -0.1) is 10.2 Å². The third-order valence-electron chi connectivity index (χ3n) is 5.20. The van der Waals surface area contributed by atoms with Crippen LogP contribution in [0, 0.1) is 20.8 Å². The van der Waals surface area contributed by atoms with Gasteiger partial charge in [-0.3, -0.25) is 9.36 Å². The van der Waals surface area contributed by atoms with Crippen LogP contribution in [0.2, 0.25) is 0 Å². The van der Waals surface area contributed by atoms with Crippen LogP contribution in [-0.4, -0.2) is 32.8 Å². The molecule has 4 aromatic rings. The number of aromatic nitrogens is 4. The minimum Gasteiger partial charge on any atom is -0.495 e. The first-order valence-electron chi connectivity index (χ1n) is 9.38. The molecule has 0 aliphatic carbocycles. The molecule has 2 aromatic heterocycles. The molecule has 0 unspecified atom stereocenters. The number of nitrogens with zero attached hydrogens (tertiary/aromatic N) is 3. The van der Waals surface area contributed by atoms with Crippen molar-refractivity contribution in [3.8, 4) is 11.4 Å². The molecule has 7 heteroatoms. The number of carbonyl (C=O) groups excluding carboxylic acids is 1. The quantitative estimate of drug-likeness (QED) is 0.543. The molecule has 0 bridgehead atoms. The van der Waals surface area contributed by atoms with E-state index in [0.717, 1.165) is 33.4 Å². The van der Waals surface area contributed by atoms with Gasteiger partial charge in [0.15, 0.2) is 0 Å². The summed E-state index contributed by atoms with van der Waals surface area (Å²) in [4.78, 5) is 16.4. The Kier molecular flexibility index (Phi) is 4.80. The summed E-state index contributed by atoms with van der Waals surface area (Å²) >= 11 is 0. The van der Waals surface area contributed by atoms with E-state index in [-0.39, 0.29) is 12.3 Å². The van der Waals surface area contributed by atoms with Crippen LogP contribution in [0.1, 0.15) is 22.4 Å². The van der Waals surface area contributed by atoms with Crippen molar-refractivity contribution in [1.82, 2.24) is 19.7 Å². The molecule has 0 saturated carbocycles. The van der Waals surface area contributed by atoms with Gasteiger partial charge in [-0.1, -0.05) is 12.1 Å². The van der Waals surface area contributed by atoms with Gasteiger partial charge in [0.05, 0.1) is 24.9 Å². The molecule has 0 atom stereocenters. The Morgan fingerprint density at radius 2 is 1.83 bits per heavy atom. The molecule has 0 saturated heterocycles. The third kappa shape index (κ3) is 3.47. The summed E-state index contributed by atoms with van der Waals surface area (Å²) in [7, 11) is 1.58. The Balaban J connectivity index is 1.64. The van der Waals surface area contributed by atoms with Gasteiger partial charge >= 0.3 is 0 Å². The Morgan fingerprint density at radius 3 is 2.55 bits per heavy atom. The first kappa shape index (κ1) is 18.7. The van der Waals surface area contributed by atoms with Gasteiger partial charge in [-0.05, 0) is 55.7 Å². The van der Waals surface area contributed by atoms with Gasteiger partial charge in [0, 0.05) is 16.6 Å². The summed E-state index contributed by atoms with van der Waals surface area (Å²) in [5.74, 6) is 0.493. The smallest absolute Gasteiger partial charge is 0.228 e. The van der Waals surface area contributed by atoms with E-state index in [1.807, 2.05) is 25.1 Å². The molecule has 2 aromatic carbocycles. The molecule has 0 aliphatic rings. The lowest BCUT2D eigenvalue weighted by Gasteiger charge is -2.13. The lowest BCUT2D eigenvalue weighted by Crippen LogP contribution is -2.15. The van der Waals surface area contributed by atoms with Crippen LogP contribution >= 0.6 is 0 Å². The Hall–Kier alpha value is -3.61. The van der Waals surface area contributed by atoms with E-state index in [1.165, 1.54) is 5.56 Å². The number of carbonyl (C=O) groups is 1. The van der Waals surface area contributed by atoms with E-state index >= 15 is 0 Å². The van der Waals surface area contributed by atoms with Crippen LogP contribution in [0.25, 0.3) is 16.6 Å². The first-order chi connectivity index (χ1) is 14.0. The number of aromatic amines is 1. The van der Waals surface area contributed by atoms with Crippen LogP contribution < -0.4 is 10.1 Å². The van der Waals surface area contributed by atoms with Crippen molar-refractivity contribution in [3.63, 3.8) is 0 Å². The van der Waals surface area contributed by atoms with Crippen LogP contribution in [0.3, 0.4) is 0 Å². The number of fused-ring (bicyclic) bond motifs is 1. The predicted molar refractivity (Wildman–Crippen MR) is 113 cm³/mol. The summed E-state index contributed by atoms with van der Waals surface area (Å²) in [6, 6.07) is 9.73. The average molecular weight is 389 g/mol. The molecular formula is C22H23N5O2. The van der Waals surface area contributed by atoms with E-state index in [9.17, 15) is 4.79 Å². The van der Waals surface area contributed by atoms with Crippen LogP contribution in [-0.2, 0) is 11.2 Å². The number of hydrogen-bond donors (Lipinski definition) is 2. The summed E-state index contributed by atoms with van der Waals surface area (Å²) in [5, 5.41) is 11.8. The lowest BCUT2D eigenvalue weighted by molar-refractivity contribution is -0.115. The zero-order chi connectivity index (χ0) is 20.5. The summed E-state index contributed by atoms with van der Waals surface area (Å²) in [5.41, 5.74) is 6.89. The number of aryl methyl sites for hydroxylation is 3. The number of rotatable bonds is 5. The minimum absolute atomic E-state index is 0.103. The highest BCUT2D eigenvalue weighted by molar-refractivity contribution is 5.99. The number of anilines is 1. The maximum atomic E-state index is 12.9. The molecule has 0 aliphatic heterocycles. The minimum atomic E-state index is -0.103. The number of benzene rings is 2. The van der Waals surface area contributed by atoms with Crippen LogP contribution in [0.15, 0.2) is 43.0 Å². The Morgan fingerprint density at radius 1 is 1.10 bits per heavy atom. The Labute approximate surface area is 168 Å². The highest BCUT2D eigenvalue weighted by Crippen LogP contribution is 2.30. The second kappa shape index (κ2) is 7.43. The molecule has 7 nitrogen and oxygen atoms in total. The van der Waals surface area contributed by atoms with Crippen molar-refractivity contribution >= 4 is 22.5 Å². The van der Waals surface area contributed by atoms with Crippen molar-refractivity contribution in [3.05, 3.63) is 65.4 Å². The van der Waals surface area contributed by atoms with Crippen molar-refractivity contribution in [1.29, 1.82) is 0 Å². The SMILES string of the molecule is COc1ccc(-n2cnnc2)cc1NC(=O)Cc1c(C)[nH]c2c(C)ccc(C)c12. The van der Waals surface area contributed by atoms with Crippen molar-refractivity contribution in [2.75, 3.05) is 12.4 Å². The molecule has 148 valence electrons. The maximum Gasteiger partial charge on any atom is 0.228 e. The van der Waals surface area contributed by atoms with Crippen molar-refractivity contribution in [2.24, 2.45) is 0 Å². The number of hydrogen-bond acceptors (Lipinski definition) is 4. The first-order valence-corrected chi connectivity index (χ1v) is 9.38. The third-order valence-corrected chi connectivity index (χ3v) is 5.20. The molecule has 2 N–H and O–H groups in total. The molecular weight excluding hydrogens is 366 g/mol. The van der Waals surface area contributed by atoms with Gasteiger partial charge in [0.2, 0.25) is 5.91 Å². The molecule has 0 radical (unpaired) electrons. The molecule has 2 heterocycles. The van der Waals surface area contributed by atoms with Gasteiger partial charge in [0.25, 0.3) is 0 Å². The number of methoxy groups -OCH3 is 1. The largest absolute Gasteiger partial charge is 0.495 e. The fraction of sp³-hybridized carbons (Fsp3) is 0.227. The molecule has 0 spiro atoms. The summed E-state index contributed by atoms with van der Waals surface area (Å²) < 4.78 is 7.19. The van der Waals surface area contributed by atoms with Crippen molar-refractivity contribution < 1.29 is 9.53 Å². The van der Waals surface area contributed by atoms with Crippen molar-refractivity contribution in [2.45, 2.75) is 27.2 Å². The maximum absolute atomic E-state index is 12.9. The zero-order valence-electron chi connectivity index (χ0n) is 16.9. The molecule has 0 fully saturated rings. The van der Waals surface area contributed by atoms with Crippen LogP contribution in [0.5, 0.6) is 5.75 Å². The van der Waals surface area contributed by atoms with E-state index in [1.54, 1.807) is 24.3 Å². The van der Waals surface area contributed by atoms with E-state index < -0.39 is 0 Å². The summed E-state index contributed by atoms with van der Waals surface area (Å²) in [6.45, 7) is 6.15. The topological polar surface area (TPSA) is 84.8 Å². The number of nitrogens with one attached hydrogen (secondary N) is 2. The summed E-state index contributed by atoms with van der Waals surface area (Å²) in [6.07, 6.45) is 3.48. The normalized spacial score (nSPS) is 11.0. The van der Waals surface area contributed by atoms with Gasteiger partial charge in [0.1, 0.15) is 18.4 Å². The fourth-order valence-electron chi connectivity index (χ4n) is 3.68. The number of H-pyrrole nitrogens is 1.